The zero-order valence-corrected chi connectivity index (χ0v) is 12.6. The first-order valence-corrected chi connectivity index (χ1v) is 7.52. The topological polar surface area (TPSA) is 60.9 Å². The van der Waals surface area contributed by atoms with E-state index in [1.54, 1.807) is 7.05 Å². The van der Waals surface area contributed by atoms with Crippen LogP contribution in [-0.4, -0.2) is 9.78 Å². The molecule has 21 heavy (non-hydrogen) atoms. The average molecular weight is 283 g/mol. The smallest absolute Gasteiger partial charge is 0.271 e. The summed E-state index contributed by atoms with van der Waals surface area (Å²) < 4.78 is 1.38. The van der Waals surface area contributed by atoms with Gasteiger partial charge in [0.2, 0.25) is 0 Å². The van der Waals surface area contributed by atoms with Crippen molar-refractivity contribution in [2.75, 3.05) is 0 Å². The summed E-state index contributed by atoms with van der Waals surface area (Å²) in [4.78, 5) is 12.0. The summed E-state index contributed by atoms with van der Waals surface area (Å²) in [7, 11) is 1.68. The summed E-state index contributed by atoms with van der Waals surface area (Å²) >= 11 is 0. The molecule has 1 heterocycles. The molecule has 4 nitrogen and oxygen atoms in total. The monoisotopic (exact) mass is 283 g/mol. The summed E-state index contributed by atoms with van der Waals surface area (Å²) in [6.45, 7) is 1.83. The van der Waals surface area contributed by atoms with E-state index in [-0.39, 0.29) is 11.6 Å². The van der Waals surface area contributed by atoms with Crippen molar-refractivity contribution in [2.24, 2.45) is 12.8 Å². The fraction of sp³-hybridized carbons (Fsp3) is 0.412. The average Bonchev–Trinajstić information content (AvgIpc) is 2.49. The van der Waals surface area contributed by atoms with Crippen molar-refractivity contribution in [2.45, 2.75) is 38.6 Å². The highest BCUT2D eigenvalue weighted by Crippen LogP contribution is 2.26. The van der Waals surface area contributed by atoms with Crippen molar-refractivity contribution < 1.29 is 0 Å². The molecule has 3 rings (SSSR count). The maximum Gasteiger partial charge on any atom is 0.271 e. The van der Waals surface area contributed by atoms with Crippen molar-refractivity contribution in [3.63, 3.8) is 0 Å². The van der Waals surface area contributed by atoms with Gasteiger partial charge in [-0.1, -0.05) is 12.1 Å². The Morgan fingerprint density at radius 3 is 2.62 bits per heavy atom. The molecule has 0 spiro atoms. The van der Waals surface area contributed by atoms with Crippen LogP contribution in [0.15, 0.2) is 29.1 Å². The van der Waals surface area contributed by atoms with Crippen LogP contribution in [0, 0.1) is 0 Å². The Morgan fingerprint density at radius 2 is 1.90 bits per heavy atom. The molecular formula is C17H21N3O. The first kappa shape index (κ1) is 14.0. The van der Waals surface area contributed by atoms with Crippen LogP contribution in [0.1, 0.15) is 42.5 Å². The molecule has 4 heteroatoms. The minimum atomic E-state index is -0.289. The third kappa shape index (κ3) is 2.63. The molecule has 1 aliphatic rings. The van der Waals surface area contributed by atoms with Gasteiger partial charge in [-0.15, -0.1) is 0 Å². The molecule has 0 amide bonds. The molecular weight excluding hydrogens is 262 g/mol. The van der Waals surface area contributed by atoms with E-state index in [0.717, 1.165) is 17.7 Å². The number of benzene rings is 1. The fourth-order valence-electron chi connectivity index (χ4n) is 2.99. The first-order valence-electron chi connectivity index (χ1n) is 7.52. The zero-order chi connectivity index (χ0) is 15.0. The van der Waals surface area contributed by atoms with Crippen molar-refractivity contribution >= 4 is 0 Å². The third-order valence-corrected chi connectivity index (χ3v) is 4.23. The summed E-state index contributed by atoms with van der Waals surface area (Å²) in [5.41, 5.74) is 11.1. The lowest BCUT2D eigenvalue weighted by molar-refractivity contribution is 0.674. The van der Waals surface area contributed by atoms with E-state index in [4.69, 9.17) is 5.73 Å². The van der Waals surface area contributed by atoms with Gasteiger partial charge in [0.05, 0.1) is 5.69 Å². The predicted molar refractivity (Wildman–Crippen MR) is 84.2 cm³/mol. The number of rotatable bonds is 2. The highest BCUT2D eigenvalue weighted by Gasteiger charge is 2.14. The number of aromatic nitrogens is 2. The van der Waals surface area contributed by atoms with Crippen molar-refractivity contribution in [1.29, 1.82) is 0 Å². The van der Waals surface area contributed by atoms with Crippen LogP contribution in [-0.2, 0) is 19.9 Å². The SMILES string of the molecule is CC(N)c1cc(-c2ccc3c(c2)CCCC3)nn(C)c1=O. The summed E-state index contributed by atoms with van der Waals surface area (Å²) in [5.74, 6) is 0. The Hall–Kier alpha value is -1.94. The van der Waals surface area contributed by atoms with Crippen molar-refractivity contribution in [1.82, 2.24) is 9.78 Å². The van der Waals surface area contributed by atoms with Gasteiger partial charge in [0, 0.05) is 24.2 Å². The Kier molecular flexibility index (Phi) is 3.64. The molecule has 2 aromatic rings. The molecule has 1 aromatic carbocycles. The van der Waals surface area contributed by atoms with Crippen LogP contribution in [0.5, 0.6) is 0 Å². The maximum atomic E-state index is 12.0. The number of hydrogen-bond donors (Lipinski definition) is 1. The molecule has 110 valence electrons. The number of nitrogens with zero attached hydrogens (tertiary/aromatic N) is 2. The number of nitrogens with two attached hydrogens (primary N) is 1. The zero-order valence-electron chi connectivity index (χ0n) is 12.6. The molecule has 0 bridgehead atoms. The lowest BCUT2D eigenvalue weighted by atomic mass is 9.90. The first-order chi connectivity index (χ1) is 10.1. The van der Waals surface area contributed by atoms with E-state index >= 15 is 0 Å². The molecule has 0 fully saturated rings. The van der Waals surface area contributed by atoms with Crippen LogP contribution in [0.3, 0.4) is 0 Å². The summed E-state index contributed by atoms with van der Waals surface area (Å²) in [6, 6.07) is 8.05. The molecule has 2 N–H and O–H groups in total. The molecule has 0 aliphatic heterocycles. The highest BCUT2D eigenvalue weighted by atomic mass is 16.1. The summed E-state index contributed by atoms with van der Waals surface area (Å²) in [6.07, 6.45) is 4.83. The van der Waals surface area contributed by atoms with E-state index in [1.807, 2.05) is 13.0 Å². The van der Waals surface area contributed by atoms with Gasteiger partial charge in [0.25, 0.3) is 5.56 Å². The van der Waals surface area contributed by atoms with E-state index in [0.29, 0.717) is 5.56 Å². The summed E-state index contributed by atoms with van der Waals surface area (Å²) in [5, 5.41) is 4.38. The molecule has 0 radical (unpaired) electrons. The second-order valence-electron chi connectivity index (χ2n) is 5.89. The molecule has 0 saturated carbocycles. The minimum absolute atomic E-state index is 0.119. The Morgan fingerprint density at radius 1 is 1.19 bits per heavy atom. The van der Waals surface area contributed by atoms with Gasteiger partial charge in [-0.3, -0.25) is 4.79 Å². The molecule has 1 atom stereocenters. The second-order valence-corrected chi connectivity index (χ2v) is 5.89. The van der Waals surface area contributed by atoms with Crippen LogP contribution >= 0.6 is 0 Å². The number of aryl methyl sites for hydroxylation is 3. The van der Waals surface area contributed by atoms with Crippen molar-refractivity contribution in [3.05, 3.63) is 51.3 Å². The van der Waals surface area contributed by atoms with Gasteiger partial charge in [-0.05, 0) is 55.9 Å². The fourth-order valence-corrected chi connectivity index (χ4v) is 2.99. The lowest BCUT2D eigenvalue weighted by Gasteiger charge is -2.17. The lowest BCUT2D eigenvalue weighted by Crippen LogP contribution is -2.27. The Bertz CT molecular complexity index is 731. The Labute approximate surface area is 124 Å². The quantitative estimate of drug-likeness (QED) is 0.920. The van der Waals surface area contributed by atoms with Crippen LogP contribution < -0.4 is 11.3 Å². The van der Waals surface area contributed by atoms with Gasteiger partial charge < -0.3 is 5.73 Å². The minimum Gasteiger partial charge on any atom is -0.324 e. The van der Waals surface area contributed by atoms with Gasteiger partial charge >= 0.3 is 0 Å². The van der Waals surface area contributed by atoms with Crippen LogP contribution in [0.2, 0.25) is 0 Å². The molecule has 0 saturated heterocycles. The normalized spacial score (nSPS) is 15.6. The van der Waals surface area contributed by atoms with E-state index in [9.17, 15) is 4.79 Å². The number of fused-ring (bicyclic) bond motifs is 1. The van der Waals surface area contributed by atoms with Crippen LogP contribution in [0.25, 0.3) is 11.3 Å². The third-order valence-electron chi connectivity index (χ3n) is 4.23. The van der Waals surface area contributed by atoms with E-state index < -0.39 is 0 Å². The van der Waals surface area contributed by atoms with Gasteiger partial charge in [0.15, 0.2) is 0 Å². The largest absolute Gasteiger partial charge is 0.324 e. The Balaban J connectivity index is 2.10. The molecule has 1 unspecified atom stereocenters. The second kappa shape index (κ2) is 5.45. The van der Waals surface area contributed by atoms with E-state index in [1.165, 1.54) is 35.1 Å². The number of hydrogen-bond acceptors (Lipinski definition) is 3. The molecule has 1 aliphatic carbocycles. The van der Waals surface area contributed by atoms with Gasteiger partial charge in [-0.25, -0.2) is 4.68 Å². The van der Waals surface area contributed by atoms with Gasteiger partial charge in [0.1, 0.15) is 0 Å². The standard InChI is InChI=1S/C17H21N3O/c1-11(18)15-10-16(19-20(2)17(15)21)14-8-7-12-5-3-4-6-13(12)9-14/h7-11H,3-6,18H2,1-2H3. The van der Waals surface area contributed by atoms with E-state index in [2.05, 4.69) is 23.3 Å². The van der Waals surface area contributed by atoms with Gasteiger partial charge in [-0.2, -0.15) is 5.10 Å². The predicted octanol–water partition coefficient (Wildman–Crippen LogP) is 2.35. The molecule has 1 aromatic heterocycles. The highest BCUT2D eigenvalue weighted by molar-refractivity contribution is 5.61. The van der Waals surface area contributed by atoms with Crippen LogP contribution in [0.4, 0.5) is 0 Å². The van der Waals surface area contributed by atoms with Crippen molar-refractivity contribution in [3.8, 4) is 11.3 Å². The maximum absolute atomic E-state index is 12.0.